The summed E-state index contributed by atoms with van der Waals surface area (Å²) in [5.41, 5.74) is 1.38. The SMILES string of the molecule is CCNC(Cc1ncc[nH]1)c1cc(C)c(C)s1. The van der Waals surface area contributed by atoms with Crippen LogP contribution in [0.1, 0.15) is 34.1 Å². The van der Waals surface area contributed by atoms with E-state index in [9.17, 15) is 0 Å². The molecule has 4 heteroatoms. The molecule has 1 atom stereocenters. The van der Waals surface area contributed by atoms with Crippen LogP contribution in [0.2, 0.25) is 0 Å². The second-order valence-electron chi connectivity index (χ2n) is 4.24. The topological polar surface area (TPSA) is 40.7 Å². The highest BCUT2D eigenvalue weighted by atomic mass is 32.1. The van der Waals surface area contributed by atoms with Crippen molar-refractivity contribution in [3.05, 3.63) is 39.6 Å². The predicted octanol–water partition coefficient (Wildman–Crippen LogP) is 2.98. The lowest BCUT2D eigenvalue weighted by atomic mass is 10.1. The summed E-state index contributed by atoms with van der Waals surface area (Å²) < 4.78 is 0. The van der Waals surface area contributed by atoms with Gasteiger partial charge in [-0.05, 0) is 32.0 Å². The number of thiophene rings is 1. The molecule has 2 aromatic heterocycles. The monoisotopic (exact) mass is 249 g/mol. The molecule has 0 saturated heterocycles. The van der Waals surface area contributed by atoms with Crippen LogP contribution in [0.5, 0.6) is 0 Å². The zero-order chi connectivity index (χ0) is 12.3. The van der Waals surface area contributed by atoms with E-state index in [1.807, 2.05) is 23.7 Å². The molecule has 0 saturated carbocycles. The molecule has 0 aromatic carbocycles. The van der Waals surface area contributed by atoms with Gasteiger partial charge in [0.25, 0.3) is 0 Å². The molecule has 0 amide bonds. The zero-order valence-electron chi connectivity index (χ0n) is 10.6. The summed E-state index contributed by atoms with van der Waals surface area (Å²) in [4.78, 5) is 10.3. The average molecular weight is 249 g/mol. The van der Waals surface area contributed by atoms with E-state index in [1.54, 1.807) is 0 Å². The van der Waals surface area contributed by atoms with E-state index in [-0.39, 0.29) is 0 Å². The van der Waals surface area contributed by atoms with Gasteiger partial charge in [0.05, 0.1) is 0 Å². The largest absolute Gasteiger partial charge is 0.349 e. The third-order valence-corrected chi connectivity index (χ3v) is 4.20. The highest BCUT2D eigenvalue weighted by Crippen LogP contribution is 2.28. The second-order valence-corrected chi connectivity index (χ2v) is 5.53. The molecule has 0 radical (unpaired) electrons. The van der Waals surface area contributed by atoms with Gasteiger partial charge >= 0.3 is 0 Å². The number of nitrogens with zero attached hydrogens (tertiary/aromatic N) is 1. The Morgan fingerprint density at radius 3 is 2.82 bits per heavy atom. The normalized spacial score (nSPS) is 12.9. The first-order valence-corrected chi connectivity index (χ1v) is 6.81. The molecular formula is C13H19N3S. The quantitative estimate of drug-likeness (QED) is 0.855. The Kier molecular flexibility index (Phi) is 3.97. The standard InChI is InChI=1S/C13H19N3S/c1-4-14-11(8-13-15-5-6-16-13)12-7-9(2)10(3)17-12/h5-7,11,14H,4,8H2,1-3H3,(H,15,16). The van der Waals surface area contributed by atoms with E-state index in [0.29, 0.717) is 6.04 Å². The van der Waals surface area contributed by atoms with Gasteiger partial charge in [0, 0.05) is 34.6 Å². The summed E-state index contributed by atoms with van der Waals surface area (Å²) in [6.45, 7) is 7.47. The summed E-state index contributed by atoms with van der Waals surface area (Å²) in [7, 11) is 0. The first kappa shape index (κ1) is 12.3. The van der Waals surface area contributed by atoms with Crippen molar-refractivity contribution in [3.63, 3.8) is 0 Å². The fourth-order valence-electron chi connectivity index (χ4n) is 1.90. The summed E-state index contributed by atoms with van der Waals surface area (Å²) in [5.74, 6) is 1.04. The van der Waals surface area contributed by atoms with Crippen LogP contribution in [-0.4, -0.2) is 16.5 Å². The zero-order valence-corrected chi connectivity index (χ0v) is 11.4. The van der Waals surface area contributed by atoms with Gasteiger partial charge in [0.15, 0.2) is 0 Å². The van der Waals surface area contributed by atoms with Crippen molar-refractivity contribution >= 4 is 11.3 Å². The fraction of sp³-hybridized carbons (Fsp3) is 0.462. The van der Waals surface area contributed by atoms with Crippen molar-refractivity contribution in [1.29, 1.82) is 0 Å². The van der Waals surface area contributed by atoms with Crippen molar-refractivity contribution in [2.75, 3.05) is 6.54 Å². The molecule has 17 heavy (non-hydrogen) atoms. The fourth-order valence-corrected chi connectivity index (χ4v) is 3.01. The van der Waals surface area contributed by atoms with Gasteiger partial charge in [-0.3, -0.25) is 0 Å². The van der Waals surface area contributed by atoms with Gasteiger partial charge in [0.2, 0.25) is 0 Å². The lowest BCUT2D eigenvalue weighted by Gasteiger charge is -2.14. The Balaban J connectivity index is 2.16. The minimum atomic E-state index is 0.364. The second kappa shape index (κ2) is 5.47. The molecule has 1 unspecified atom stereocenters. The van der Waals surface area contributed by atoms with Crippen molar-refractivity contribution in [2.24, 2.45) is 0 Å². The van der Waals surface area contributed by atoms with Crippen LogP contribution < -0.4 is 5.32 Å². The van der Waals surface area contributed by atoms with Crippen molar-refractivity contribution < 1.29 is 0 Å². The average Bonchev–Trinajstić information content (AvgIpc) is 2.90. The number of hydrogen-bond donors (Lipinski definition) is 2. The van der Waals surface area contributed by atoms with Gasteiger partial charge in [-0.15, -0.1) is 11.3 Å². The van der Waals surface area contributed by atoms with Crippen LogP contribution in [0.4, 0.5) is 0 Å². The summed E-state index contributed by atoms with van der Waals surface area (Å²) >= 11 is 1.88. The van der Waals surface area contributed by atoms with E-state index >= 15 is 0 Å². The lowest BCUT2D eigenvalue weighted by Crippen LogP contribution is -2.22. The summed E-state index contributed by atoms with van der Waals surface area (Å²) in [6.07, 6.45) is 4.60. The van der Waals surface area contributed by atoms with Crippen molar-refractivity contribution in [2.45, 2.75) is 33.2 Å². The molecule has 2 aromatic rings. The number of rotatable bonds is 5. The van der Waals surface area contributed by atoms with E-state index < -0.39 is 0 Å². The van der Waals surface area contributed by atoms with E-state index in [2.05, 4.69) is 42.1 Å². The van der Waals surface area contributed by atoms with Gasteiger partial charge in [-0.25, -0.2) is 4.98 Å². The van der Waals surface area contributed by atoms with Crippen LogP contribution in [0, 0.1) is 13.8 Å². The van der Waals surface area contributed by atoms with Crippen molar-refractivity contribution in [3.8, 4) is 0 Å². The van der Waals surface area contributed by atoms with Crippen molar-refractivity contribution in [1.82, 2.24) is 15.3 Å². The Morgan fingerprint density at radius 1 is 1.47 bits per heavy atom. The van der Waals surface area contributed by atoms with Crippen LogP contribution >= 0.6 is 11.3 Å². The number of aryl methyl sites for hydroxylation is 2. The van der Waals surface area contributed by atoms with Crippen LogP contribution in [-0.2, 0) is 6.42 Å². The van der Waals surface area contributed by atoms with Crippen LogP contribution in [0.3, 0.4) is 0 Å². The number of likely N-dealkylation sites (N-methyl/N-ethyl adjacent to an activating group) is 1. The summed E-state index contributed by atoms with van der Waals surface area (Å²) in [5, 5.41) is 3.53. The van der Waals surface area contributed by atoms with Crippen LogP contribution in [0.15, 0.2) is 18.5 Å². The number of H-pyrrole nitrogens is 1. The molecular weight excluding hydrogens is 230 g/mol. The van der Waals surface area contributed by atoms with Gasteiger partial charge in [0.1, 0.15) is 5.82 Å². The molecule has 3 nitrogen and oxygen atoms in total. The van der Waals surface area contributed by atoms with Gasteiger partial charge in [-0.1, -0.05) is 6.92 Å². The predicted molar refractivity (Wildman–Crippen MR) is 72.5 cm³/mol. The van der Waals surface area contributed by atoms with Gasteiger partial charge in [-0.2, -0.15) is 0 Å². The Bertz CT molecular complexity index is 439. The number of aromatic nitrogens is 2. The maximum absolute atomic E-state index is 4.30. The van der Waals surface area contributed by atoms with Gasteiger partial charge < -0.3 is 10.3 Å². The third-order valence-electron chi connectivity index (χ3n) is 2.93. The molecule has 0 aliphatic carbocycles. The molecule has 2 heterocycles. The molecule has 0 bridgehead atoms. The number of nitrogens with one attached hydrogen (secondary N) is 2. The smallest absolute Gasteiger partial charge is 0.107 e. The van der Waals surface area contributed by atoms with Crippen LogP contribution in [0.25, 0.3) is 0 Å². The van der Waals surface area contributed by atoms with E-state index in [4.69, 9.17) is 0 Å². The highest BCUT2D eigenvalue weighted by molar-refractivity contribution is 7.12. The lowest BCUT2D eigenvalue weighted by molar-refractivity contribution is 0.547. The van der Waals surface area contributed by atoms with E-state index in [1.165, 1.54) is 15.3 Å². The van der Waals surface area contributed by atoms with E-state index in [0.717, 1.165) is 18.8 Å². The molecule has 0 aliphatic rings. The molecule has 0 spiro atoms. The first-order chi connectivity index (χ1) is 8.20. The Labute approximate surface area is 106 Å². The number of hydrogen-bond acceptors (Lipinski definition) is 3. The molecule has 0 fully saturated rings. The molecule has 0 aliphatic heterocycles. The maximum Gasteiger partial charge on any atom is 0.107 e. The minimum absolute atomic E-state index is 0.364. The first-order valence-electron chi connectivity index (χ1n) is 5.99. The minimum Gasteiger partial charge on any atom is -0.349 e. The highest BCUT2D eigenvalue weighted by Gasteiger charge is 2.15. The third kappa shape index (κ3) is 2.96. The summed E-state index contributed by atoms with van der Waals surface area (Å²) in [6, 6.07) is 2.65. The number of imidazole rings is 1. The number of aromatic amines is 1. The molecule has 2 N–H and O–H groups in total. The Morgan fingerprint density at radius 2 is 2.29 bits per heavy atom. The Hall–Kier alpha value is -1.13. The molecule has 92 valence electrons. The maximum atomic E-state index is 4.30. The molecule has 2 rings (SSSR count).